The van der Waals surface area contributed by atoms with Crippen LogP contribution in [0.1, 0.15) is 0 Å². The van der Waals surface area contributed by atoms with Crippen molar-refractivity contribution in [3.05, 3.63) is 0 Å². The van der Waals surface area contributed by atoms with Gasteiger partial charge in [0.2, 0.25) is 0 Å². The third kappa shape index (κ3) is 2.24. The Morgan fingerprint density at radius 3 is 2.60 bits per heavy atom. The number of halogens is 3. The maximum atomic E-state index is 11.6. The average Bonchev–Trinajstić information content (AvgIpc) is 2.12. The summed E-state index contributed by atoms with van der Waals surface area (Å²) in [6, 6.07) is 0. The van der Waals surface area contributed by atoms with Crippen LogP contribution >= 0.6 is 0 Å². The molecular weight excluding hydrogens is 145 g/mol. The summed E-state index contributed by atoms with van der Waals surface area (Å²) in [6.07, 6.45) is -2.86. The third-order valence-corrected chi connectivity index (χ3v) is 1.14. The lowest BCUT2D eigenvalue weighted by molar-refractivity contribution is -0.136. The lowest BCUT2D eigenvalue weighted by Crippen LogP contribution is -2.31. The van der Waals surface area contributed by atoms with E-state index < -0.39 is 12.7 Å². The fourth-order valence-corrected chi connectivity index (χ4v) is 0.767. The monoisotopic (exact) mass is 152 g/mol. The van der Waals surface area contributed by atoms with Crippen molar-refractivity contribution in [1.29, 1.82) is 0 Å². The molecule has 0 aromatic carbocycles. The molecule has 0 spiro atoms. The minimum Gasteiger partial charge on any atom is -0.352 e. The number of aliphatic imine (C=N–C) groups is 1. The van der Waals surface area contributed by atoms with Crippen LogP contribution in [0.5, 0.6) is 0 Å². The van der Waals surface area contributed by atoms with Crippen LogP contribution in [0.3, 0.4) is 0 Å². The highest BCUT2D eigenvalue weighted by atomic mass is 19.4. The largest absolute Gasteiger partial charge is 0.405 e. The van der Waals surface area contributed by atoms with Crippen LogP contribution in [0.25, 0.3) is 0 Å². The Bertz CT molecular complexity index is 140. The van der Waals surface area contributed by atoms with Crippen molar-refractivity contribution < 1.29 is 13.2 Å². The first-order valence-electron chi connectivity index (χ1n) is 2.89. The molecule has 0 N–H and O–H groups in total. The second-order valence-electron chi connectivity index (χ2n) is 2.11. The Hall–Kier alpha value is -0.740. The Labute approximate surface area is 56.3 Å². The van der Waals surface area contributed by atoms with Crippen molar-refractivity contribution in [3.63, 3.8) is 0 Å². The smallest absolute Gasteiger partial charge is 0.352 e. The van der Waals surface area contributed by atoms with Crippen molar-refractivity contribution in [1.82, 2.24) is 4.90 Å². The zero-order valence-electron chi connectivity index (χ0n) is 5.23. The van der Waals surface area contributed by atoms with Crippen molar-refractivity contribution in [2.45, 2.75) is 6.18 Å². The minimum absolute atomic E-state index is 0.388. The molecule has 0 saturated carbocycles. The molecule has 10 heavy (non-hydrogen) atoms. The number of hydrogen-bond acceptors (Lipinski definition) is 2. The SMILES string of the molecule is FC(F)(F)CN1C=NCC1. The third-order valence-electron chi connectivity index (χ3n) is 1.14. The minimum atomic E-state index is -4.10. The molecule has 0 aliphatic carbocycles. The van der Waals surface area contributed by atoms with Crippen LogP contribution in [0.4, 0.5) is 13.2 Å². The summed E-state index contributed by atoms with van der Waals surface area (Å²) >= 11 is 0. The molecule has 5 heteroatoms. The number of rotatable bonds is 1. The van der Waals surface area contributed by atoms with Gasteiger partial charge in [-0.2, -0.15) is 13.2 Å². The summed E-state index contributed by atoms with van der Waals surface area (Å²) in [4.78, 5) is 4.80. The standard InChI is InChI=1S/C5H7F3N2/c6-5(7,8)3-10-2-1-9-4-10/h4H,1-3H2. The Morgan fingerprint density at radius 2 is 2.20 bits per heavy atom. The fraction of sp³-hybridized carbons (Fsp3) is 0.800. The van der Waals surface area contributed by atoms with E-state index in [-0.39, 0.29) is 0 Å². The predicted octanol–water partition coefficient (Wildman–Crippen LogP) is 0.893. The quantitative estimate of drug-likeness (QED) is 0.544. The van der Waals surface area contributed by atoms with Crippen LogP contribution in [0, 0.1) is 0 Å². The molecule has 1 aliphatic rings. The fourth-order valence-electron chi connectivity index (χ4n) is 0.767. The topological polar surface area (TPSA) is 15.6 Å². The van der Waals surface area contributed by atoms with Gasteiger partial charge in [-0.25, -0.2) is 0 Å². The van der Waals surface area contributed by atoms with Gasteiger partial charge in [0.05, 0.1) is 12.9 Å². The molecule has 0 atom stereocenters. The molecular formula is C5H7F3N2. The van der Waals surface area contributed by atoms with Crippen molar-refractivity contribution in [2.24, 2.45) is 4.99 Å². The molecule has 0 radical (unpaired) electrons. The van der Waals surface area contributed by atoms with E-state index >= 15 is 0 Å². The Kier molecular flexibility index (Phi) is 1.82. The highest BCUT2D eigenvalue weighted by molar-refractivity contribution is 5.57. The van der Waals surface area contributed by atoms with Crippen LogP contribution in [-0.2, 0) is 0 Å². The van der Waals surface area contributed by atoms with Gasteiger partial charge in [-0.15, -0.1) is 0 Å². The summed E-state index contributed by atoms with van der Waals surface area (Å²) in [7, 11) is 0. The number of alkyl halides is 3. The highest BCUT2D eigenvalue weighted by Gasteiger charge is 2.30. The van der Waals surface area contributed by atoms with E-state index in [0.29, 0.717) is 13.1 Å². The molecule has 0 fully saturated rings. The van der Waals surface area contributed by atoms with E-state index in [1.807, 2.05) is 0 Å². The van der Waals surface area contributed by atoms with Gasteiger partial charge in [0.25, 0.3) is 0 Å². The lowest BCUT2D eigenvalue weighted by atomic mass is 10.5. The molecule has 2 nitrogen and oxygen atoms in total. The molecule has 1 rings (SSSR count). The Balaban J connectivity index is 2.31. The summed E-state index contributed by atoms with van der Waals surface area (Å²) < 4.78 is 34.8. The van der Waals surface area contributed by atoms with E-state index in [9.17, 15) is 13.2 Å². The zero-order valence-corrected chi connectivity index (χ0v) is 5.23. The molecule has 0 aromatic heterocycles. The van der Waals surface area contributed by atoms with Crippen LogP contribution in [0.2, 0.25) is 0 Å². The Morgan fingerprint density at radius 1 is 1.50 bits per heavy atom. The molecule has 0 amide bonds. The van der Waals surface area contributed by atoms with Crippen molar-refractivity contribution >= 4 is 6.34 Å². The second kappa shape index (κ2) is 2.48. The van der Waals surface area contributed by atoms with E-state index in [4.69, 9.17) is 0 Å². The summed E-state index contributed by atoms with van der Waals surface area (Å²) in [5, 5.41) is 0. The maximum absolute atomic E-state index is 11.6. The van der Waals surface area contributed by atoms with Gasteiger partial charge in [0.15, 0.2) is 0 Å². The number of nitrogens with zero attached hydrogens (tertiary/aromatic N) is 2. The van der Waals surface area contributed by atoms with Crippen LogP contribution < -0.4 is 0 Å². The van der Waals surface area contributed by atoms with Gasteiger partial charge < -0.3 is 4.90 Å². The molecule has 58 valence electrons. The van der Waals surface area contributed by atoms with Gasteiger partial charge in [-0.3, -0.25) is 4.99 Å². The average molecular weight is 152 g/mol. The highest BCUT2D eigenvalue weighted by Crippen LogP contribution is 2.16. The van der Waals surface area contributed by atoms with E-state index in [0.717, 1.165) is 4.90 Å². The molecule has 1 aliphatic heterocycles. The van der Waals surface area contributed by atoms with E-state index in [1.165, 1.54) is 6.34 Å². The summed E-state index contributed by atoms with van der Waals surface area (Å²) in [5.41, 5.74) is 0. The lowest BCUT2D eigenvalue weighted by Gasteiger charge is -2.15. The molecule has 1 heterocycles. The maximum Gasteiger partial charge on any atom is 0.405 e. The summed E-state index contributed by atoms with van der Waals surface area (Å²) in [6.45, 7) is -0.00785. The number of hydrogen-bond donors (Lipinski definition) is 0. The molecule has 0 bridgehead atoms. The molecule has 0 unspecified atom stereocenters. The van der Waals surface area contributed by atoms with Crippen molar-refractivity contribution in [2.75, 3.05) is 19.6 Å². The first kappa shape index (κ1) is 7.37. The van der Waals surface area contributed by atoms with Gasteiger partial charge >= 0.3 is 6.18 Å². The normalized spacial score (nSPS) is 18.5. The van der Waals surface area contributed by atoms with Crippen LogP contribution in [-0.4, -0.2) is 37.0 Å². The predicted molar refractivity (Wildman–Crippen MR) is 31.0 cm³/mol. The van der Waals surface area contributed by atoms with Crippen molar-refractivity contribution in [3.8, 4) is 0 Å². The first-order valence-corrected chi connectivity index (χ1v) is 2.89. The molecule has 0 saturated heterocycles. The zero-order chi connectivity index (χ0) is 7.61. The van der Waals surface area contributed by atoms with Gasteiger partial charge in [-0.05, 0) is 0 Å². The molecule has 0 aromatic rings. The van der Waals surface area contributed by atoms with E-state index in [1.54, 1.807) is 0 Å². The van der Waals surface area contributed by atoms with Crippen LogP contribution in [0.15, 0.2) is 4.99 Å². The second-order valence-corrected chi connectivity index (χ2v) is 2.11. The first-order chi connectivity index (χ1) is 4.58. The van der Waals surface area contributed by atoms with Gasteiger partial charge in [0, 0.05) is 6.54 Å². The summed E-state index contributed by atoms with van der Waals surface area (Å²) in [5.74, 6) is 0. The van der Waals surface area contributed by atoms with E-state index in [2.05, 4.69) is 4.99 Å². The van der Waals surface area contributed by atoms with Gasteiger partial charge in [-0.1, -0.05) is 0 Å². The van der Waals surface area contributed by atoms with Gasteiger partial charge in [0.1, 0.15) is 6.54 Å².